The van der Waals surface area contributed by atoms with Gasteiger partial charge in [-0.2, -0.15) is 9.97 Å². The molecule has 0 amide bonds. The van der Waals surface area contributed by atoms with Gasteiger partial charge in [0.15, 0.2) is 11.5 Å². The van der Waals surface area contributed by atoms with Crippen LogP contribution in [0.4, 0.5) is 5.95 Å². The Morgan fingerprint density at radius 2 is 1.38 bits per heavy atom. The third-order valence-corrected chi connectivity index (χ3v) is 4.09. The minimum absolute atomic E-state index is 0.481. The van der Waals surface area contributed by atoms with Crippen LogP contribution in [-0.4, -0.2) is 45.0 Å². The predicted octanol–water partition coefficient (Wildman–Crippen LogP) is 2.07. The second kappa shape index (κ2) is 6.82. The van der Waals surface area contributed by atoms with Gasteiger partial charge < -0.3 is 23.8 Å². The number of hydrogen-bond acceptors (Lipinski definition) is 7. The Hall–Kier alpha value is -2.70. The molecule has 0 N–H and O–H groups in total. The first-order valence-corrected chi connectivity index (χ1v) is 7.64. The minimum atomic E-state index is 0.481. The minimum Gasteiger partial charge on any atom is -0.493 e. The highest BCUT2D eigenvalue weighted by molar-refractivity contribution is 5.51. The van der Waals surface area contributed by atoms with Crippen molar-refractivity contribution in [1.29, 1.82) is 0 Å². The van der Waals surface area contributed by atoms with E-state index in [9.17, 15) is 0 Å². The lowest BCUT2D eigenvalue weighted by atomic mass is 9.99. The molecule has 7 heteroatoms. The standard InChI is InChI=1S/C17H21N3O4/c1-21-13-7-11-5-6-20(10-12(11)8-14(13)22-2)17-18-15(23-3)9-16(19-17)24-4/h7-9H,5-6,10H2,1-4H3. The third-order valence-electron chi connectivity index (χ3n) is 4.09. The number of ether oxygens (including phenoxy) is 4. The molecule has 0 bridgehead atoms. The molecule has 0 spiro atoms. The molecule has 0 radical (unpaired) electrons. The molecule has 0 atom stereocenters. The molecule has 0 fully saturated rings. The molecule has 1 aromatic heterocycles. The second-order valence-corrected chi connectivity index (χ2v) is 5.40. The largest absolute Gasteiger partial charge is 0.493 e. The molecular formula is C17H21N3O4. The van der Waals surface area contributed by atoms with E-state index >= 15 is 0 Å². The Morgan fingerprint density at radius 1 is 0.792 bits per heavy atom. The smallest absolute Gasteiger partial charge is 0.232 e. The number of methoxy groups -OCH3 is 4. The topological polar surface area (TPSA) is 65.9 Å². The Bertz CT molecular complexity index is 714. The van der Waals surface area contributed by atoms with E-state index in [1.165, 1.54) is 11.1 Å². The Balaban J connectivity index is 1.92. The summed E-state index contributed by atoms with van der Waals surface area (Å²) >= 11 is 0. The van der Waals surface area contributed by atoms with Gasteiger partial charge in [0.1, 0.15) is 0 Å². The van der Waals surface area contributed by atoms with Gasteiger partial charge in [0.25, 0.3) is 0 Å². The Morgan fingerprint density at radius 3 is 1.92 bits per heavy atom. The first-order chi connectivity index (χ1) is 11.7. The van der Waals surface area contributed by atoms with E-state index in [1.54, 1.807) is 34.5 Å². The average molecular weight is 331 g/mol. The fraction of sp³-hybridized carbons (Fsp3) is 0.412. The normalized spacial score (nSPS) is 13.2. The number of rotatable bonds is 5. The molecule has 1 aliphatic heterocycles. The lowest BCUT2D eigenvalue weighted by Gasteiger charge is -2.29. The summed E-state index contributed by atoms with van der Waals surface area (Å²) in [6.45, 7) is 1.49. The number of anilines is 1. The van der Waals surface area contributed by atoms with Gasteiger partial charge in [0.2, 0.25) is 17.7 Å². The zero-order valence-corrected chi connectivity index (χ0v) is 14.3. The van der Waals surface area contributed by atoms with Gasteiger partial charge in [-0.25, -0.2) is 0 Å². The summed E-state index contributed by atoms with van der Waals surface area (Å²) in [6.07, 6.45) is 0.874. The molecule has 1 aromatic carbocycles. The highest BCUT2D eigenvalue weighted by atomic mass is 16.5. The fourth-order valence-corrected chi connectivity index (χ4v) is 2.80. The van der Waals surface area contributed by atoms with Crippen LogP contribution in [0.3, 0.4) is 0 Å². The fourth-order valence-electron chi connectivity index (χ4n) is 2.80. The van der Waals surface area contributed by atoms with Gasteiger partial charge in [-0.1, -0.05) is 0 Å². The summed E-state index contributed by atoms with van der Waals surface area (Å²) in [5.41, 5.74) is 2.42. The van der Waals surface area contributed by atoms with Crippen LogP contribution in [0.2, 0.25) is 0 Å². The quantitative estimate of drug-likeness (QED) is 0.831. The summed E-state index contributed by atoms with van der Waals surface area (Å²) in [6, 6.07) is 5.71. The maximum atomic E-state index is 5.40. The van der Waals surface area contributed by atoms with Crippen molar-refractivity contribution in [3.8, 4) is 23.3 Å². The maximum Gasteiger partial charge on any atom is 0.232 e. The molecule has 2 heterocycles. The van der Waals surface area contributed by atoms with Crippen molar-refractivity contribution < 1.29 is 18.9 Å². The van der Waals surface area contributed by atoms with Crippen LogP contribution in [0.15, 0.2) is 18.2 Å². The van der Waals surface area contributed by atoms with Crippen LogP contribution >= 0.6 is 0 Å². The Labute approximate surface area is 141 Å². The lowest BCUT2D eigenvalue weighted by molar-refractivity contribution is 0.353. The summed E-state index contributed by atoms with van der Waals surface area (Å²) in [5, 5.41) is 0. The first-order valence-electron chi connectivity index (χ1n) is 7.64. The van der Waals surface area contributed by atoms with Gasteiger partial charge in [-0.15, -0.1) is 0 Å². The van der Waals surface area contributed by atoms with Crippen molar-refractivity contribution >= 4 is 5.95 Å². The van der Waals surface area contributed by atoms with E-state index in [2.05, 4.69) is 14.9 Å². The van der Waals surface area contributed by atoms with Crippen molar-refractivity contribution in [3.05, 3.63) is 29.3 Å². The number of benzene rings is 1. The number of aromatic nitrogens is 2. The van der Waals surface area contributed by atoms with Crippen LogP contribution in [0.25, 0.3) is 0 Å². The second-order valence-electron chi connectivity index (χ2n) is 5.40. The van der Waals surface area contributed by atoms with Crippen LogP contribution in [0.1, 0.15) is 11.1 Å². The van der Waals surface area contributed by atoms with Crippen LogP contribution in [0, 0.1) is 0 Å². The van der Waals surface area contributed by atoms with Crippen LogP contribution in [-0.2, 0) is 13.0 Å². The van der Waals surface area contributed by atoms with Gasteiger partial charge in [-0.3, -0.25) is 0 Å². The van der Waals surface area contributed by atoms with Crippen molar-refractivity contribution in [2.45, 2.75) is 13.0 Å². The van der Waals surface area contributed by atoms with Gasteiger partial charge >= 0.3 is 0 Å². The molecule has 1 aliphatic rings. The van der Waals surface area contributed by atoms with Crippen molar-refractivity contribution in [2.75, 3.05) is 39.9 Å². The SMILES string of the molecule is COc1cc(OC)nc(N2CCc3cc(OC)c(OC)cc3C2)n1. The molecule has 128 valence electrons. The molecule has 7 nitrogen and oxygen atoms in total. The van der Waals surface area contributed by atoms with E-state index in [0.29, 0.717) is 24.3 Å². The summed E-state index contributed by atoms with van der Waals surface area (Å²) in [7, 11) is 6.44. The Kier molecular flexibility index (Phi) is 4.59. The summed E-state index contributed by atoms with van der Waals surface area (Å²) < 4.78 is 21.2. The number of hydrogen-bond donors (Lipinski definition) is 0. The molecule has 0 saturated carbocycles. The van der Waals surface area contributed by atoms with Gasteiger partial charge in [-0.05, 0) is 29.7 Å². The lowest BCUT2D eigenvalue weighted by Crippen LogP contribution is -2.32. The molecule has 0 unspecified atom stereocenters. The molecular weight excluding hydrogens is 310 g/mol. The van der Waals surface area contributed by atoms with Gasteiger partial charge in [0.05, 0.1) is 34.5 Å². The molecule has 0 saturated heterocycles. The zero-order chi connectivity index (χ0) is 17.1. The molecule has 3 rings (SSSR count). The molecule has 24 heavy (non-hydrogen) atoms. The molecule has 2 aromatic rings. The van der Waals surface area contributed by atoms with E-state index in [0.717, 1.165) is 24.5 Å². The first kappa shape index (κ1) is 16.2. The van der Waals surface area contributed by atoms with Gasteiger partial charge in [0, 0.05) is 13.1 Å². The zero-order valence-electron chi connectivity index (χ0n) is 14.3. The average Bonchev–Trinajstić information content (AvgIpc) is 2.65. The van der Waals surface area contributed by atoms with E-state index in [4.69, 9.17) is 18.9 Å². The van der Waals surface area contributed by atoms with Crippen molar-refractivity contribution in [1.82, 2.24) is 9.97 Å². The van der Waals surface area contributed by atoms with E-state index in [1.807, 2.05) is 12.1 Å². The monoisotopic (exact) mass is 331 g/mol. The predicted molar refractivity (Wildman–Crippen MR) is 89.4 cm³/mol. The van der Waals surface area contributed by atoms with Crippen LogP contribution < -0.4 is 23.8 Å². The number of fused-ring (bicyclic) bond motifs is 1. The van der Waals surface area contributed by atoms with Crippen molar-refractivity contribution in [3.63, 3.8) is 0 Å². The molecule has 0 aliphatic carbocycles. The summed E-state index contributed by atoms with van der Waals surface area (Å²) in [5.74, 6) is 3.03. The number of nitrogens with zero attached hydrogens (tertiary/aromatic N) is 3. The highest BCUT2D eigenvalue weighted by Gasteiger charge is 2.22. The summed E-state index contributed by atoms with van der Waals surface area (Å²) in [4.78, 5) is 11.0. The van der Waals surface area contributed by atoms with E-state index in [-0.39, 0.29) is 0 Å². The van der Waals surface area contributed by atoms with Crippen LogP contribution in [0.5, 0.6) is 23.3 Å². The van der Waals surface area contributed by atoms with Crippen molar-refractivity contribution in [2.24, 2.45) is 0 Å². The van der Waals surface area contributed by atoms with E-state index < -0.39 is 0 Å². The maximum absolute atomic E-state index is 5.40. The highest BCUT2D eigenvalue weighted by Crippen LogP contribution is 2.34. The third kappa shape index (κ3) is 3.02.